The summed E-state index contributed by atoms with van der Waals surface area (Å²) < 4.78 is 4.73. The maximum absolute atomic E-state index is 11.0. The van der Waals surface area contributed by atoms with Crippen molar-refractivity contribution in [1.82, 2.24) is 15.6 Å². The molecule has 0 radical (unpaired) electrons. The Labute approximate surface area is 85.4 Å². The number of carbonyl (C=O) groups excluding carboxylic acids is 1. The molecule has 0 spiro atoms. The molecule has 1 amide bonds. The van der Waals surface area contributed by atoms with E-state index in [2.05, 4.69) is 15.6 Å². The highest BCUT2D eigenvalue weighted by Gasteiger charge is 2.20. The Bertz CT molecular complexity index is 222. The number of nitrogens with one attached hydrogen (secondary N) is 4. The highest BCUT2D eigenvalue weighted by Crippen LogP contribution is 2.08. The van der Waals surface area contributed by atoms with Crippen LogP contribution in [-0.4, -0.2) is 33.0 Å². The Hall–Kier alpha value is -0.645. The molecule has 0 aromatic carbocycles. The molecule has 1 saturated heterocycles. The van der Waals surface area contributed by atoms with Gasteiger partial charge in [0.15, 0.2) is 7.98 Å². The van der Waals surface area contributed by atoms with Crippen LogP contribution in [0.2, 0.25) is 0 Å². The first kappa shape index (κ1) is 11.4. The number of amidine groups is 1. The van der Waals surface area contributed by atoms with Crippen LogP contribution in [0.1, 0.15) is 6.42 Å². The van der Waals surface area contributed by atoms with Crippen molar-refractivity contribution in [2.24, 2.45) is 5.92 Å². The lowest BCUT2D eigenvalue weighted by atomic mass is 10.1. The van der Waals surface area contributed by atoms with Gasteiger partial charge in [-0.1, -0.05) is 0 Å². The Morgan fingerprint density at radius 1 is 1.71 bits per heavy atom. The molecule has 0 saturated carbocycles. The zero-order valence-electron chi connectivity index (χ0n) is 8.02. The van der Waals surface area contributed by atoms with Crippen molar-refractivity contribution < 1.29 is 9.32 Å². The molecular weight excluding hydrogens is 202 g/mol. The smallest absolute Gasteiger partial charge is 0.416 e. The van der Waals surface area contributed by atoms with Crippen molar-refractivity contribution in [2.75, 3.05) is 13.1 Å². The molecule has 0 bridgehead atoms. The summed E-state index contributed by atoms with van der Waals surface area (Å²) >= 11 is 0. The summed E-state index contributed by atoms with van der Waals surface area (Å²) in [4.78, 5) is 13.7. The molecule has 0 aliphatic carbocycles. The number of carbonyl (C=O) groups is 1. The average Bonchev–Trinajstić information content (AvgIpc) is 2.67. The second kappa shape index (κ2) is 5.96. The van der Waals surface area contributed by atoms with E-state index in [9.17, 15) is 4.79 Å². The largest absolute Gasteiger partial charge is 0.416 e. The quantitative estimate of drug-likeness (QED) is 0.210. The molecule has 8 heteroatoms. The zero-order valence-corrected chi connectivity index (χ0v) is 9.02. The van der Waals surface area contributed by atoms with Gasteiger partial charge in [-0.25, -0.2) is 4.79 Å². The highest BCUT2D eigenvalue weighted by atomic mass is 31.1. The third-order valence-corrected chi connectivity index (χ3v) is 2.44. The van der Waals surface area contributed by atoms with E-state index in [1.807, 2.05) is 0 Å². The van der Waals surface area contributed by atoms with Crippen molar-refractivity contribution in [3.8, 4) is 0 Å². The summed E-state index contributed by atoms with van der Waals surface area (Å²) in [6, 6.07) is 0. The molecule has 78 valence electrons. The van der Waals surface area contributed by atoms with Crippen molar-refractivity contribution >= 4 is 28.9 Å². The summed E-state index contributed by atoms with van der Waals surface area (Å²) in [6.45, 7) is 1.66. The van der Waals surface area contributed by atoms with E-state index >= 15 is 0 Å². The van der Waals surface area contributed by atoms with Gasteiger partial charge in [0.2, 0.25) is 0 Å². The third-order valence-electron chi connectivity index (χ3n) is 1.95. The van der Waals surface area contributed by atoms with Crippen LogP contribution in [0.5, 0.6) is 0 Å². The lowest BCUT2D eigenvalue weighted by Crippen LogP contribution is -2.35. The van der Waals surface area contributed by atoms with Crippen LogP contribution in [0.4, 0.5) is 4.79 Å². The second-order valence-corrected chi connectivity index (χ2v) is 3.88. The van der Waals surface area contributed by atoms with Crippen LogP contribution in [0, 0.1) is 11.3 Å². The van der Waals surface area contributed by atoms with Gasteiger partial charge < -0.3 is 14.8 Å². The summed E-state index contributed by atoms with van der Waals surface area (Å²) in [5, 5.41) is 13.1. The van der Waals surface area contributed by atoms with E-state index in [4.69, 9.17) is 9.93 Å². The van der Waals surface area contributed by atoms with E-state index in [1.54, 1.807) is 7.98 Å². The predicted molar refractivity (Wildman–Crippen MR) is 58.3 cm³/mol. The fourth-order valence-corrected chi connectivity index (χ4v) is 1.48. The Kier molecular flexibility index (Phi) is 4.86. The van der Waals surface area contributed by atoms with Gasteiger partial charge in [0, 0.05) is 12.5 Å². The van der Waals surface area contributed by atoms with Crippen molar-refractivity contribution in [2.45, 2.75) is 6.42 Å². The Morgan fingerprint density at radius 2 is 2.50 bits per heavy atom. The molecule has 2 atom stereocenters. The minimum Gasteiger partial charge on any atom is -0.416 e. The van der Waals surface area contributed by atoms with Gasteiger partial charge in [-0.15, -0.1) is 0 Å². The lowest BCUT2D eigenvalue weighted by molar-refractivity contribution is 0.211. The fraction of sp³-hybridized carbons (Fsp3) is 0.667. The summed E-state index contributed by atoms with van der Waals surface area (Å²) in [7, 11) is 1.62. The fourth-order valence-electron chi connectivity index (χ4n) is 1.24. The standard InChI is InChI=1S/C6H14BN4O2P/c7-11-14-13-6(12)10-5(8)4-1-2-9-3-4/h4,9,11,14H,1-3,7H2,(H2,8,10,12)/t4-/m1/s1. The Balaban J connectivity index is 2.21. The van der Waals surface area contributed by atoms with Gasteiger partial charge in [-0.3, -0.25) is 10.7 Å². The SMILES string of the molecule is BNPOC(=O)NC(=N)[C@@H]1CCNC1. The molecule has 0 aromatic heterocycles. The average molecular weight is 216 g/mol. The van der Waals surface area contributed by atoms with Crippen LogP contribution >= 0.6 is 8.96 Å². The van der Waals surface area contributed by atoms with E-state index in [0.29, 0.717) is 0 Å². The number of rotatable bonds is 3. The summed E-state index contributed by atoms with van der Waals surface area (Å²) in [6.07, 6.45) is 0.336. The van der Waals surface area contributed by atoms with Crippen molar-refractivity contribution in [1.29, 1.82) is 5.41 Å². The van der Waals surface area contributed by atoms with Gasteiger partial charge in [0.1, 0.15) is 14.8 Å². The molecule has 1 rings (SSSR count). The molecule has 4 N–H and O–H groups in total. The number of hydrogen-bond donors (Lipinski definition) is 4. The number of hydrogen-bond acceptors (Lipinski definition) is 5. The van der Waals surface area contributed by atoms with Crippen LogP contribution in [0.25, 0.3) is 0 Å². The maximum atomic E-state index is 11.0. The molecular formula is C6H14BN4O2P. The van der Waals surface area contributed by atoms with Gasteiger partial charge in [-0.2, -0.15) is 0 Å². The predicted octanol–water partition coefficient (Wildman–Crippen LogP) is -1.05. The molecule has 0 aromatic rings. The highest BCUT2D eigenvalue weighted by molar-refractivity contribution is 7.32. The van der Waals surface area contributed by atoms with Crippen molar-refractivity contribution in [3.63, 3.8) is 0 Å². The second-order valence-electron chi connectivity index (χ2n) is 2.97. The molecule has 6 nitrogen and oxygen atoms in total. The van der Waals surface area contributed by atoms with Crippen molar-refractivity contribution in [3.05, 3.63) is 0 Å². The Morgan fingerprint density at radius 3 is 3.07 bits per heavy atom. The normalized spacial score (nSPS) is 21.3. The van der Waals surface area contributed by atoms with E-state index in [0.717, 1.165) is 19.5 Å². The maximum Gasteiger partial charge on any atom is 0.416 e. The minimum absolute atomic E-state index is 0.0691. The van der Waals surface area contributed by atoms with Gasteiger partial charge in [0.25, 0.3) is 0 Å². The number of amides is 1. The van der Waals surface area contributed by atoms with Crippen LogP contribution in [0.15, 0.2) is 0 Å². The van der Waals surface area contributed by atoms with Crippen LogP contribution in [0.3, 0.4) is 0 Å². The lowest BCUT2D eigenvalue weighted by Gasteiger charge is -2.11. The van der Waals surface area contributed by atoms with Crippen LogP contribution in [-0.2, 0) is 4.52 Å². The first-order valence-corrected chi connectivity index (χ1v) is 5.33. The first-order valence-electron chi connectivity index (χ1n) is 4.42. The summed E-state index contributed by atoms with van der Waals surface area (Å²) in [5.41, 5.74) is 0. The molecule has 1 unspecified atom stereocenters. The monoisotopic (exact) mass is 216 g/mol. The van der Waals surface area contributed by atoms with Crippen LogP contribution < -0.4 is 15.6 Å². The first-order chi connectivity index (χ1) is 6.74. The topological polar surface area (TPSA) is 86.2 Å². The third kappa shape index (κ3) is 3.61. The molecule has 1 aliphatic heterocycles. The van der Waals surface area contributed by atoms with E-state index in [-0.39, 0.29) is 20.7 Å². The molecule has 14 heavy (non-hydrogen) atoms. The molecule has 1 fully saturated rings. The minimum atomic E-state index is -0.561. The summed E-state index contributed by atoms with van der Waals surface area (Å²) in [5.74, 6) is 0.348. The van der Waals surface area contributed by atoms with Gasteiger partial charge in [-0.05, 0) is 13.0 Å². The van der Waals surface area contributed by atoms with E-state index in [1.165, 1.54) is 0 Å². The zero-order chi connectivity index (χ0) is 10.4. The van der Waals surface area contributed by atoms with E-state index < -0.39 is 6.09 Å². The molecule has 1 heterocycles. The molecule has 1 aliphatic rings. The van der Waals surface area contributed by atoms with Gasteiger partial charge >= 0.3 is 6.09 Å². The van der Waals surface area contributed by atoms with Gasteiger partial charge in [0.05, 0.1) is 0 Å².